The quantitative estimate of drug-likeness (QED) is 0.561. The lowest BCUT2D eigenvalue weighted by Gasteiger charge is -2.05. The molecule has 9 heteroatoms. The Balaban J connectivity index is 1.41. The number of nitrogens with one attached hydrogen (secondary N) is 1. The summed E-state index contributed by atoms with van der Waals surface area (Å²) in [6, 6.07) is 8.06. The molecule has 3 aromatic heterocycles. The highest BCUT2D eigenvalue weighted by Crippen LogP contribution is 2.25. The number of anilines is 1. The fraction of sp³-hybridized carbons (Fsp3) is 0.211. The molecule has 0 atom stereocenters. The van der Waals surface area contributed by atoms with Crippen LogP contribution in [0.4, 0.5) is 5.13 Å². The van der Waals surface area contributed by atoms with Gasteiger partial charge in [0.2, 0.25) is 5.91 Å². The molecule has 4 aromatic rings. The molecule has 0 radical (unpaired) electrons. The molecule has 0 aliphatic heterocycles. The predicted octanol–water partition coefficient (Wildman–Crippen LogP) is 2.59. The van der Waals surface area contributed by atoms with Crippen molar-refractivity contribution in [1.29, 1.82) is 0 Å². The Morgan fingerprint density at radius 3 is 2.82 bits per heavy atom. The molecule has 0 unspecified atom stereocenters. The second-order valence-corrected chi connectivity index (χ2v) is 7.31. The van der Waals surface area contributed by atoms with Gasteiger partial charge in [-0.2, -0.15) is 5.10 Å². The average molecular weight is 394 g/mol. The van der Waals surface area contributed by atoms with E-state index >= 15 is 0 Å². The summed E-state index contributed by atoms with van der Waals surface area (Å²) in [7, 11) is 1.73. The van der Waals surface area contributed by atoms with E-state index in [0.29, 0.717) is 16.2 Å². The van der Waals surface area contributed by atoms with Crippen LogP contribution in [0.25, 0.3) is 22.3 Å². The van der Waals surface area contributed by atoms with Gasteiger partial charge in [0, 0.05) is 31.0 Å². The Hall–Kier alpha value is -3.33. The fourth-order valence-electron chi connectivity index (χ4n) is 2.82. The number of carbonyl (C=O) groups is 1. The van der Waals surface area contributed by atoms with Crippen LogP contribution in [0, 0.1) is 6.92 Å². The molecule has 4 rings (SSSR count). The molecular formula is C19H18N6O2S. The number of rotatable bonds is 5. The molecule has 0 aliphatic carbocycles. The summed E-state index contributed by atoms with van der Waals surface area (Å²) < 4.78 is 2.96. The molecule has 3 heterocycles. The molecule has 8 nitrogen and oxygen atoms in total. The Morgan fingerprint density at radius 1 is 1.25 bits per heavy atom. The summed E-state index contributed by atoms with van der Waals surface area (Å²) in [4.78, 5) is 33.4. The highest BCUT2D eigenvalue weighted by molar-refractivity contribution is 7.14. The van der Waals surface area contributed by atoms with Gasteiger partial charge in [0.15, 0.2) is 10.8 Å². The number of benzene rings is 1. The summed E-state index contributed by atoms with van der Waals surface area (Å²) in [5, 5.41) is 9.71. The Morgan fingerprint density at radius 2 is 2.04 bits per heavy atom. The monoisotopic (exact) mass is 394 g/mol. The lowest BCUT2D eigenvalue weighted by Crippen LogP contribution is -2.23. The SMILES string of the molecule is Cc1ccc(-c2csc(NC(=O)CCn3cnc4c(cnn4C)c3=O)n2)cc1. The highest BCUT2D eigenvalue weighted by Gasteiger charge is 2.11. The number of carbonyl (C=O) groups excluding carboxylic acids is 1. The minimum absolute atomic E-state index is 0.146. The van der Waals surface area contributed by atoms with Crippen LogP contribution in [0.15, 0.2) is 47.0 Å². The number of thiazole rings is 1. The summed E-state index contributed by atoms with van der Waals surface area (Å²) in [6.07, 6.45) is 3.08. The standard InChI is InChI=1S/C19H18N6O2S/c1-12-3-5-13(6-4-12)15-10-28-19(22-15)23-16(26)7-8-25-11-20-17-14(18(25)27)9-21-24(17)2/h3-6,9-11H,7-8H2,1-2H3,(H,22,23,26). The molecule has 0 aliphatic rings. The van der Waals surface area contributed by atoms with E-state index in [4.69, 9.17) is 0 Å². The normalized spacial score (nSPS) is 11.1. The molecule has 0 saturated heterocycles. The first kappa shape index (κ1) is 18.1. The second-order valence-electron chi connectivity index (χ2n) is 6.45. The van der Waals surface area contributed by atoms with Gasteiger partial charge in [0.25, 0.3) is 5.56 Å². The van der Waals surface area contributed by atoms with Crippen molar-refractivity contribution in [2.45, 2.75) is 19.9 Å². The lowest BCUT2D eigenvalue weighted by atomic mass is 10.1. The zero-order valence-electron chi connectivity index (χ0n) is 15.4. The zero-order valence-corrected chi connectivity index (χ0v) is 16.2. The maximum Gasteiger partial charge on any atom is 0.264 e. The van der Waals surface area contributed by atoms with Crippen LogP contribution in [0.2, 0.25) is 0 Å². The first-order valence-corrected chi connectivity index (χ1v) is 9.59. The van der Waals surface area contributed by atoms with Gasteiger partial charge in [-0.05, 0) is 6.92 Å². The number of fused-ring (bicyclic) bond motifs is 1. The third-order valence-electron chi connectivity index (χ3n) is 4.40. The third kappa shape index (κ3) is 3.56. The summed E-state index contributed by atoms with van der Waals surface area (Å²) >= 11 is 1.37. The number of aryl methyl sites for hydroxylation is 3. The number of hydrogen-bond donors (Lipinski definition) is 1. The minimum Gasteiger partial charge on any atom is -0.302 e. The van der Waals surface area contributed by atoms with Gasteiger partial charge < -0.3 is 5.32 Å². The van der Waals surface area contributed by atoms with Crippen molar-refractivity contribution in [2.24, 2.45) is 7.05 Å². The Labute approximate surface area is 164 Å². The van der Waals surface area contributed by atoms with Gasteiger partial charge in [0.1, 0.15) is 5.39 Å². The van der Waals surface area contributed by atoms with Crippen molar-refractivity contribution in [1.82, 2.24) is 24.3 Å². The Bertz CT molecular complexity index is 1210. The molecule has 142 valence electrons. The fourth-order valence-corrected chi connectivity index (χ4v) is 3.55. The maximum absolute atomic E-state index is 12.4. The van der Waals surface area contributed by atoms with Crippen LogP contribution in [0.3, 0.4) is 0 Å². The second kappa shape index (κ2) is 7.35. The van der Waals surface area contributed by atoms with E-state index in [1.54, 1.807) is 11.7 Å². The molecule has 0 bridgehead atoms. The summed E-state index contributed by atoms with van der Waals surface area (Å²) in [5.74, 6) is -0.206. The molecule has 0 spiro atoms. The van der Waals surface area contributed by atoms with Crippen LogP contribution in [-0.2, 0) is 18.4 Å². The zero-order chi connectivity index (χ0) is 19.7. The van der Waals surface area contributed by atoms with Crippen LogP contribution >= 0.6 is 11.3 Å². The first-order chi connectivity index (χ1) is 13.5. The third-order valence-corrected chi connectivity index (χ3v) is 5.15. The van der Waals surface area contributed by atoms with E-state index in [0.717, 1.165) is 11.3 Å². The smallest absolute Gasteiger partial charge is 0.264 e. The molecular weight excluding hydrogens is 376 g/mol. The van der Waals surface area contributed by atoms with Crippen molar-refractivity contribution in [3.63, 3.8) is 0 Å². The van der Waals surface area contributed by atoms with Gasteiger partial charge in [0.05, 0.1) is 18.2 Å². The van der Waals surface area contributed by atoms with Crippen LogP contribution < -0.4 is 10.9 Å². The average Bonchev–Trinajstić information content (AvgIpc) is 3.29. The predicted molar refractivity (Wildman–Crippen MR) is 108 cm³/mol. The molecule has 1 N–H and O–H groups in total. The van der Waals surface area contributed by atoms with Gasteiger partial charge in [-0.15, -0.1) is 11.3 Å². The van der Waals surface area contributed by atoms with E-state index in [1.807, 2.05) is 36.6 Å². The van der Waals surface area contributed by atoms with Gasteiger partial charge in [-0.1, -0.05) is 29.8 Å². The largest absolute Gasteiger partial charge is 0.302 e. The molecule has 0 saturated carbocycles. The molecule has 28 heavy (non-hydrogen) atoms. The topological polar surface area (TPSA) is 94.7 Å². The van der Waals surface area contributed by atoms with Crippen molar-refractivity contribution in [2.75, 3.05) is 5.32 Å². The molecule has 1 aromatic carbocycles. The van der Waals surface area contributed by atoms with Crippen molar-refractivity contribution in [3.8, 4) is 11.3 Å². The van der Waals surface area contributed by atoms with E-state index < -0.39 is 0 Å². The molecule has 0 fully saturated rings. The van der Waals surface area contributed by atoms with Crippen LogP contribution in [0.5, 0.6) is 0 Å². The number of aromatic nitrogens is 5. The number of nitrogens with zero attached hydrogens (tertiary/aromatic N) is 5. The first-order valence-electron chi connectivity index (χ1n) is 8.71. The summed E-state index contributed by atoms with van der Waals surface area (Å²) in [5.41, 5.74) is 3.33. The van der Waals surface area contributed by atoms with Crippen LogP contribution in [0.1, 0.15) is 12.0 Å². The van der Waals surface area contributed by atoms with Crippen molar-refractivity contribution in [3.05, 3.63) is 58.1 Å². The summed E-state index contributed by atoms with van der Waals surface area (Å²) in [6.45, 7) is 2.27. The van der Waals surface area contributed by atoms with Gasteiger partial charge >= 0.3 is 0 Å². The van der Waals surface area contributed by atoms with E-state index in [9.17, 15) is 9.59 Å². The minimum atomic E-state index is -0.207. The Kier molecular flexibility index (Phi) is 4.74. The van der Waals surface area contributed by atoms with Gasteiger partial charge in [-0.3, -0.25) is 18.8 Å². The number of amides is 1. The number of hydrogen-bond acceptors (Lipinski definition) is 6. The maximum atomic E-state index is 12.4. The van der Waals surface area contributed by atoms with E-state index in [2.05, 4.69) is 20.4 Å². The van der Waals surface area contributed by atoms with Crippen molar-refractivity contribution >= 4 is 33.4 Å². The van der Waals surface area contributed by atoms with E-state index in [-0.39, 0.29) is 24.4 Å². The lowest BCUT2D eigenvalue weighted by molar-refractivity contribution is -0.116. The van der Waals surface area contributed by atoms with Crippen molar-refractivity contribution < 1.29 is 4.79 Å². The van der Waals surface area contributed by atoms with Gasteiger partial charge in [-0.25, -0.2) is 9.97 Å². The van der Waals surface area contributed by atoms with E-state index in [1.165, 1.54) is 34.0 Å². The van der Waals surface area contributed by atoms with Crippen LogP contribution in [-0.4, -0.2) is 30.2 Å². The molecule has 1 amide bonds. The highest BCUT2D eigenvalue weighted by atomic mass is 32.1.